The summed E-state index contributed by atoms with van der Waals surface area (Å²) in [6, 6.07) is 12.4. The number of morpholine rings is 1. The van der Waals surface area contributed by atoms with E-state index in [2.05, 4.69) is 17.9 Å². The number of sulfone groups is 1. The van der Waals surface area contributed by atoms with Crippen LogP contribution < -0.4 is 4.90 Å². The summed E-state index contributed by atoms with van der Waals surface area (Å²) in [4.78, 5) is 22.8. The van der Waals surface area contributed by atoms with Crippen molar-refractivity contribution >= 4 is 42.4 Å². The monoisotopic (exact) mass is 501 g/mol. The van der Waals surface area contributed by atoms with Crippen LogP contribution in [-0.4, -0.2) is 69.4 Å². The standard InChI is InChI=1S/C25H31N3O4S2/c1-3-19-7-5-8-22-23(19)26-25(33-22)28(14-6-13-27-15-17-32-18-16-27)24(29)20-9-11-21(12-10-20)34(30,31)4-2/h5,7-12H,3-4,6,13-18H2,1-2H3. The van der Waals surface area contributed by atoms with Crippen LogP contribution in [0.4, 0.5) is 5.13 Å². The van der Waals surface area contributed by atoms with E-state index in [-0.39, 0.29) is 16.6 Å². The van der Waals surface area contributed by atoms with Crippen LogP contribution in [0.3, 0.4) is 0 Å². The van der Waals surface area contributed by atoms with Crippen molar-refractivity contribution in [2.75, 3.05) is 50.0 Å². The van der Waals surface area contributed by atoms with E-state index in [1.54, 1.807) is 24.0 Å². The number of thiazole rings is 1. The molecule has 1 aliphatic heterocycles. The van der Waals surface area contributed by atoms with E-state index in [0.29, 0.717) is 17.2 Å². The highest BCUT2D eigenvalue weighted by Gasteiger charge is 2.23. The fraction of sp³-hybridized carbons (Fsp3) is 0.440. The number of amides is 1. The molecule has 0 N–H and O–H groups in total. The number of aryl methyl sites for hydroxylation is 1. The average Bonchev–Trinajstić information content (AvgIpc) is 3.31. The Hall–Kier alpha value is -2.33. The van der Waals surface area contributed by atoms with Crippen LogP contribution in [0.2, 0.25) is 0 Å². The fourth-order valence-corrected chi connectivity index (χ4v) is 6.01. The quantitative estimate of drug-likeness (QED) is 0.441. The van der Waals surface area contributed by atoms with Crippen molar-refractivity contribution in [3.8, 4) is 0 Å². The van der Waals surface area contributed by atoms with Crippen LogP contribution in [0.1, 0.15) is 36.2 Å². The normalized spacial score (nSPS) is 15.0. The van der Waals surface area contributed by atoms with Gasteiger partial charge in [-0.05, 0) is 48.7 Å². The Kier molecular flexibility index (Phi) is 7.98. The minimum Gasteiger partial charge on any atom is -0.379 e. The summed E-state index contributed by atoms with van der Waals surface area (Å²) < 4.78 is 30.8. The van der Waals surface area contributed by atoms with E-state index in [1.807, 2.05) is 12.1 Å². The second-order valence-corrected chi connectivity index (χ2v) is 11.6. The van der Waals surface area contributed by atoms with E-state index in [9.17, 15) is 13.2 Å². The van der Waals surface area contributed by atoms with Crippen molar-refractivity contribution in [3.63, 3.8) is 0 Å². The van der Waals surface area contributed by atoms with Gasteiger partial charge >= 0.3 is 0 Å². The first-order chi connectivity index (χ1) is 16.4. The Labute approximate surface area is 205 Å². The second kappa shape index (κ2) is 10.9. The molecule has 7 nitrogen and oxygen atoms in total. The predicted molar refractivity (Wildman–Crippen MR) is 137 cm³/mol. The topological polar surface area (TPSA) is 79.8 Å². The molecule has 1 fully saturated rings. The van der Waals surface area contributed by atoms with E-state index >= 15 is 0 Å². The summed E-state index contributed by atoms with van der Waals surface area (Å²) in [5.41, 5.74) is 2.56. The lowest BCUT2D eigenvalue weighted by Crippen LogP contribution is -2.39. The van der Waals surface area contributed by atoms with Gasteiger partial charge in [0.15, 0.2) is 15.0 Å². The van der Waals surface area contributed by atoms with E-state index in [0.717, 1.165) is 61.5 Å². The van der Waals surface area contributed by atoms with E-state index in [1.165, 1.54) is 23.5 Å². The Morgan fingerprint density at radius 1 is 1.12 bits per heavy atom. The SMILES string of the molecule is CCc1cccc2sc(N(CCCN3CCOCC3)C(=O)c3ccc(S(=O)(=O)CC)cc3)nc12. The minimum atomic E-state index is -3.32. The average molecular weight is 502 g/mol. The van der Waals surface area contributed by atoms with Crippen molar-refractivity contribution in [1.82, 2.24) is 9.88 Å². The molecule has 3 aromatic rings. The van der Waals surface area contributed by atoms with Crippen molar-refractivity contribution in [2.45, 2.75) is 31.6 Å². The van der Waals surface area contributed by atoms with Gasteiger partial charge in [0.1, 0.15) is 0 Å². The van der Waals surface area contributed by atoms with Gasteiger partial charge in [-0.15, -0.1) is 0 Å². The number of anilines is 1. The summed E-state index contributed by atoms with van der Waals surface area (Å²) in [6.45, 7) is 8.43. The van der Waals surface area contributed by atoms with Gasteiger partial charge in [0.25, 0.3) is 5.91 Å². The maximum absolute atomic E-state index is 13.6. The van der Waals surface area contributed by atoms with Gasteiger partial charge in [0, 0.05) is 31.7 Å². The Bertz CT molecular complexity index is 1230. The van der Waals surface area contributed by atoms with Gasteiger partial charge in [-0.25, -0.2) is 13.4 Å². The van der Waals surface area contributed by atoms with Crippen LogP contribution in [0.25, 0.3) is 10.2 Å². The predicted octanol–water partition coefficient (Wildman–Crippen LogP) is 4.02. The molecular formula is C25H31N3O4S2. The third-order valence-corrected chi connectivity index (χ3v) is 8.94. The van der Waals surface area contributed by atoms with E-state index < -0.39 is 9.84 Å². The Morgan fingerprint density at radius 3 is 2.53 bits per heavy atom. The summed E-state index contributed by atoms with van der Waals surface area (Å²) in [6.07, 6.45) is 1.68. The number of ether oxygens (including phenoxy) is 1. The van der Waals surface area contributed by atoms with Crippen molar-refractivity contribution in [2.24, 2.45) is 0 Å². The molecule has 1 aromatic heterocycles. The summed E-state index contributed by atoms with van der Waals surface area (Å²) in [5.74, 6) is -0.140. The third-order valence-electron chi connectivity index (χ3n) is 6.15. The maximum Gasteiger partial charge on any atom is 0.260 e. The lowest BCUT2D eigenvalue weighted by atomic mass is 10.1. The van der Waals surface area contributed by atoms with E-state index in [4.69, 9.17) is 9.72 Å². The lowest BCUT2D eigenvalue weighted by molar-refractivity contribution is 0.0376. The molecule has 2 heterocycles. The lowest BCUT2D eigenvalue weighted by Gasteiger charge is -2.27. The number of hydrogen-bond donors (Lipinski definition) is 0. The molecule has 1 aliphatic rings. The zero-order valence-corrected chi connectivity index (χ0v) is 21.3. The highest BCUT2D eigenvalue weighted by Crippen LogP contribution is 2.32. The number of aromatic nitrogens is 1. The minimum absolute atomic E-state index is 0.0272. The smallest absolute Gasteiger partial charge is 0.260 e. The molecule has 0 radical (unpaired) electrons. The van der Waals surface area contributed by atoms with Crippen LogP contribution in [0.5, 0.6) is 0 Å². The molecule has 0 spiro atoms. The molecule has 1 amide bonds. The molecule has 0 aliphatic carbocycles. The highest BCUT2D eigenvalue weighted by atomic mass is 32.2. The van der Waals surface area contributed by atoms with Crippen molar-refractivity contribution < 1.29 is 17.9 Å². The number of nitrogens with zero attached hydrogens (tertiary/aromatic N) is 3. The summed E-state index contributed by atoms with van der Waals surface area (Å²) in [5, 5.41) is 0.674. The van der Waals surface area contributed by atoms with Gasteiger partial charge in [0.05, 0.1) is 34.1 Å². The van der Waals surface area contributed by atoms with Gasteiger partial charge in [0.2, 0.25) is 0 Å². The number of hydrogen-bond acceptors (Lipinski definition) is 7. The van der Waals surface area contributed by atoms with Gasteiger partial charge in [-0.2, -0.15) is 0 Å². The number of benzene rings is 2. The van der Waals surface area contributed by atoms with Crippen molar-refractivity contribution in [1.29, 1.82) is 0 Å². The van der Waals surface area contributed by atoms with Crippen LogP contribution in [0.15, 0.2) is 47.4 Å². The zero-order valence-electron chi connectivity index (χ0n) is 19.7. The molecule has 0 atom stereocenters. The summed E-state index contributed by atoms with van der Waals surface area (Å²) in [7, 11) is -3.32. The molecule has 2 aromatic carbocycles. The van der Waals surface area contributed by atoms with Crippen LogP contribution in [-0.2, 0) is 21.0 Å². The number of fused-ring (bicyclic) bond motifs is 1. The second-order valence-electron chi connectivity index (χ2n) is 8.31. The Balaban J connectivity index is 1.61. The molecule has 0 unspecified atom stereocenters. The summed E-state index contributed by atoms with van der Waals surface area (Å²) >= 11 is 1.52. The largest absolute Gasteiger partial charge is 0.379 e. The highest BCUT2D eigenvalue weighted by molar-refractivity contribution is 7.91. The molecule has 34 heavy (non-hydrogen) atoms. The number of carbonyl (C=O) groups is 1. The molecule has 9 heteroatoms. The third kappa shape index (κ3) is 5.49. The molecular weight excluding hydrogens is 470 g/mol. The fourth-order valence-electron chi connectivity index (χ4n) is 4.08. The van der Waals surface area contributed by atoms with Crippen LogP contribution >= 0.6 is 11.3 Å². The Morgan fingerprint density at radius 2 is 1.85 bits per heavy atom. The van der Waals surface area contributed by atoms with Gasteiger partial charge < -0.3 is 4.74 Å². The number of para-hydroxylation sites is 1. The molecule has 0 bridgehead atoms. The molecule has 182 valence electrons. The first-order valence-electron chi connectivity index (χ1n) is 11.8. The zero-order chi connectivity index (χ0) is 24.1. The number of carbonyl (C=O) groups excluding carboxylic acids is 1. The molecule has 0 saturated carbocycles. The maximum atomic E-state index is 13.6. The van der Waals surface area contributed by atoms with Crippen LogP contribution in [0, 0.1) is 0 Å². The first-order valence-corrected chi connectivity index (χ1v) is 14.2. The first kappa shape index (κ1) is 24.8. The molecule has 1 saturated heterocycles. The molecule has 4 rings (SSSR count). The number of rotatable bonds is 9. The van der Waals surface area contributed by atoms with Gasteiger partial charge in [-0.3, -0.25) is 14.6 Å². The van der Waals surface area contributed by atoms with Crippen molar-refractivity contribution in [3.05, 3.63) is 53.6 Å². The van der Waals surface area contributed by atoms with Gasteiger partial charge in [-0.1, -0.05) is 37.3 Å².